The largest absolute Gasteiger partial charge is 0.481 e. The quantitative estimate of drug-likeness (QED) is 0.464. The molecule has 0 aliphatic heterocycles. The molecular formula is C14H14ClN3O2S2. The van der Waals surface area contributed by atoms with Crippen molar-refractivity contribution in [2.45, 2.75) is 17.4 Å². The maximum atomic E-state index is 12.1. The van der Waals surface area contributed by atoms with Crippen LogP contribution in [0, 0.1) is 0 Å². The van der Waals surface area contributed by atoms with Crippen LogP contribution in [0.2, 0.25) is 5.02 Å². The molecule has 1 aromatic carbocycles. The highest BCUT2D eigenvalue weighted by Crippen LogP contribution is 2.25. The van der Waals surface area contributed by atoms with Crippen LogP contribution in [0.3, 0.4) is 0 Å². The van der Waals surface area contributed by atoms with E-state index in [0.717, 1.165) is 10.1 Å². The number of amides is 1. The van der Waals surface area contributed by atoms with E-state index >= 15 is 0 Å². The molecule has 22 heavy (non-hydrogen) atoms. The molecule has 1 aromatic heterocycles. The van der Waals surface area contributed by atoms with E-state index in [4.69, 9.17) is 16.3 Å². The summed E-state index contributed by atoms with van der Waals surface area (Å²) in [6.07, 6.45) is 1.11. The van der Waals surface area contributed by atoms with E-state index < -0.39 is 6.10 Å². The first-order valence-electron chi connectivity index (χ1n) is 6.39. The molecule has 0 aliphatic rings. The highest BCUT2D eigenvalue weighted by Gasteiger charge is 2.17. The van der Waals surface area contributed by atoms with Gasteiger partial charge < -0.3 is 4.74 Å². The fourth-order valence-corrected chi connectivity index (χ4v) is 3.15. The first kappa shape index (κ1) is 16.8. The van der Waals surface area contributed by atoms with E-state index in [0.29, 0.717) is 15.9 Å². The van der Waals surface area contributed by atoms with Crippen LogP contribution >= 0.6 is 34.7 Å². The van der Waals surface area contributed by atoms with Crippen molar-refractivity contribution in [3.8, 4) is 5.75 Å². The number of nitrogens with zero attached hydrogens (tertiary/aromatic N) is 2. The Morgan fingerprint density at radius 3 is 3.14 bits per heavy atom. The Labute approximate surface area is 141 Å². The number of ether oxygens (including phenoxy) is 1. The zero-order valence-corrected chi connectivity index (χ0v) is 14.2. The van der Waals surface area contributed by atoms with Crippen LogP contribution in [0.5, 0.6) is 5.75 Å². The third-order valence-corrected chi connectivity index (χ3v) is 4.64. The number of nitrogens with one attached hydrogen (secondary N) is 1. The average molecular weight is 356 g/mol. The van der Waals surface area contributed by atoms with Gasteiger partial charge >= 0.3 is 0 Å². The van der Waals surface area contributed by atoms with Crippen LogP contribution < -0.4 is 10.1 Å². The lowest BCUT2D eigenvalue weighted by molar-refractivity contribution is -0.122. The molecule has 0 fully saturated rings. The number of halogens is 1. The highest BCUT2D eigenvalue weighted by atomic mass is 35.5. The van der Waals surface area contributed by atoms with E-state index in [1.165, 1.54) is 23.1 Å². The minimum absolute atomic E-state index is 0.295. The second-order valence-corrected chi connectivity index (χ2v) is 6.86. The van der Waals surface area contributed by atoms with Crippen molar-refractivity contribution < 1.29 is 9.53 Å². The molecule has 8 heteroatoms. The lowest BCUT2D eigenvalue weighted by atomic mass is 10.3. The highest BCUT2D eigenvalue weighted by molar-refractivity contribution is 8.01. The summed E-state index contributed by atoms with van der Waals surface area (Å²) in [5.74, 6) is 0.989. The number of carbonyl (C=O) groups is 1. The summed E-state index contributed by atoms with van der Waals surface area (Å²) in [6, 6.07) is 6.89. The van der Waals surface area contributed by atoms with Crippen molar-refractivity contribution in [2.24, 2.45) is 0 Å². The van der Waals surface area contributed by atoms with Gasteiger partial charge in [0.15, 0.2) is 10.4 Å². The molecule has 5 nitrogen and oxygen atoms in total. The third-order valence-electron chi connectivity index (χ3n) is 2.44. The number of benzene rings is 1. The molecule has 1 amide bonds. The molecule has 0 bridgehead atoms. The van der Waals surface area contributed by atoms with Crippen molar-refractivity contribution in [1.29, 1.82) is 0 Å². The molecular weight excluding hydrogens is 342 g/mol. The number of aromatic nitrogens is 2. The number of rotatable bonds is 7. The van der Waals surface area contributed by atoms with Gasteiger partial charge in [0.05, 0.1) is 0 Å². The Balaban J connectivity index is 1.90. The first-order valence-corrected chi connectivity index (χ1v) is 8.57. The summed E-state index contributed by atoms with van der Waals surface area (Å²) in [7, 11) is 0. The minimum atomic E-state index is -0.674. The summed E-state index contributed by atoms with van der Waals surface area (Å²) in [6.45, 7) is 5.30. The average Bonchev–Trinajstić information content (AvgIpc) is 2.92. The van der Waals surface area contributed by atoms with E-state index in [2.05, 4.69) is 22.1 Å². The maximum absolute atomic E-state index is 12.1. The normalized spacial score (nSPS) is 11.7. The van der Waals surface area contributed by atoms with E-state index in [9.17, 15) is 4.79 Å². The van der Waals surface area contributed by atoms with Gasteiger partial charge in [-0.2, -0.15) is 0 Å². The second-order valence-electron chi connectivity index (χ2n) is 4.18. The number of thioether (sulfide) groups is 1. The Morgan fingerprint density at radius 2 is 2.41 bits per heavy atom. The lowest BCUT2D eigenvalue weighted by Crippen LogP contribution is -2.30. The summed E-state index contributed by atoms with van der Waals surface area (Å²) < 4.78 is 6.32. The van der Waals surface area contributed by atoms with E-state index in [1.807, 2.05) is 0 Å². The first-order chi connectivity index (χ1) is 10.6. The Hall–Kier alpha value is -1.57. The Bertz CT molecular complexity index is 663. The molecule has 116 valence electrons. The summed E-state index contributed by atoms with van der Waals surface area (Å²) in [5.41, 5.74) is 0. The predicted molar refractivity (Wildman–Crippen MR) is 91.0 cm³/mol. The van der Waals surface area contributed by atoms with Gasteiger partial charge in [-0.1, -0.05) is 46.8 Å². The van der Waals surface area contributed by atoms with Gasteiger partial charge in [0.25, 0.3) is 5.91 Å². The van der Waals surface area contributed by atoms with Gasteiger partial charge in [0.1, 0.15) is 5.75 Å². The fourth-order valence-electron chi connectivity index (χ4n) is 1.45. The van der Waals surface area contributed by atoms with Crippen LogP contribution in [0.1, 0.15) is 6.92 Å². The van der Waals surface area contributed by atoms with Crippen molar-refractivity contribution in [3.05, 3.63) is 41.9 Å². The zero-order valence-electron chi connectivity index (χ0n) is 11.8. The van der Waals surface area contributed by atoms with Gasteiger partial charge in [0.2, 0.25) is 5.13 Å². The van der Waals surface area contributed by atoms with E-state index in [-0.39, 0.29) is 5.91 Å². The van der Waals surface area contributed by atoms with Crippen molar-refractivity contribution in [3.63, 3.8) is 0 Å². The van der Waals surface area contributed by atoms with Gasteiger partial charge in [-0.05, 0) is 25.1 Å². The molecule has 2 aromatic rings. The standard InChI is InChI=1S/C14H14ClN3O2S2/c1-3-7-21-14-18-17-13(22-14)16-12(19)9(2)20-11-6-4-5-10(15)8-11/h3-6,8-9H,1,7H2,2H3,(H,16,17,19)/t9-/m1/s1. The summed E-state index contributed by atoms with van der Waals surface area (Å²) >= 11 is 8.70. The molecule has 0 aliphatic carbocycles. The molecule has 0 saturated heterocycles. The number of hydrogen-bond acceptors (Lipinski definition) is 6. The molecule has 0 spiro atoms. The molecule has 1 N–H and O–H groups in total. The lowest BCUT2D eigenvalue weighted by Gasteiger charge is -2.13. The van der Waals surface area contributed by atoms with Crippen LogP contribution in [0.15, 0.2) is 41.3 Å². The number of hydrogen-bond donors (Lipinski definition) is 1. The predicted octanol–water partition coefficient (Wildman–Crippen LogP) is 3.88. The number of anilines is 1. The van der Waals surface area contributed by atoms with Gasteiger partial charge in [0, 0.05) is 10.8 Å². The van der Waals surface area contributed by atoms with Crippen molar-refractivity contribution in [2.75, 3.05) is 11.1 Å². The van der Waals surface area contributed by atoms with Gasteiger partial charge in [-0.25, -0.2) is 0 Å². The Kier molecular flexibility index (Phi) is 6.23. The zero-order chi connectivity index (χ0) is 15.9. The third kappa shape index (κ3) is 5.01. The SMILES string of the molecule is C=CCSc1nnc(NC(=O)[C@@H](C)Oc2cccc(Cl)c2)s1. The topological polar surface area (TPSA) is 64.1 Å². The maximum Gasteiger partial charge on any atom is 0.266 e. The van der Waals surface area contributed by atoms with Crippen LogP contribution in [0.25, 0.3) is 0 Å². The van der Waals surface area contributed by atoms with Crippen LogP contribution in [0.4, 0.5) is 5.13 Å². The fraction of sp³-hybridized carbons (Fsp3) is 0.214. The van der Waals surface area contributed by atoms with Crippen molar-refractivity contribution >= 4 is 45.7 Å². The molecule has 0 saturated carbocycles. The molecule has 0 unspecified atom stereocenters. The number of carbonyl (C=O) groups excluding carboxylic acids is 1. The van der Waals surface area contributed by atoms with E-state index in [1.54, 1.807) is 37.3 Å². The Morgan fingerprint density at radius 1 is 1.59 bits per heavy atom. The van der Waals surface area contributed by atoms with Crippen molar-refractivity contribution in [1.82, 2.24) is 10.2 Å². The second kappa shape index (κ2) is 8.17. The molecule has 0 radical (unpaired) electrons. The monoisotopic (exact) mass is 355 g/mol. The molecule has 1 atom stereocenters. The minimum Gasteiger partial charge on any atom is -0.481 e. The van der Waals surface area contributed by atoms with Gasteiger partial charge in [-0.15, -0.1) is 16.8 Å². The molecule has 2 rings (SSSR count). The van der Waals surface area contributed by atoms with Crippen LogP contribution in [-0.4, -0.2) is 28.0 Å². The smallest absolute Gasteiger partial charge is 0.266 e. The van der Waals surface area contributed by atoms with Gasteiger partial charge in [-0.3, -0.25) is 10.1 Å². The van der Waals surface area contributed by atoms with Crippen LogP contribution in [-0.2, 0) is 4.79 Å². The summed E-state index contributed by atoms with van der Waals surface area (Å²) in [5, 5.41) is 11.6. The summed E-state index contributed by atoms with van der Waals surface area (Å²) in [4.78, 5) is 12.1. The molecule has 1 heterocycles.